The second-order valence-corrected chi connectivity index (χ2v) is 9.20. The Labute approximate surface area is 180 Å². The second-order valence-electron chi connectivity index (χ2n) is 6.76. The minimum Gasteiger partial charge on any atom is -0.320 e. The minimum absolute atomic E-state index is 0.0728. The highest BCUT2D eigenvalue weighted by atomic mass is 79.9. The van der Waals surface area contributed by atoms with E-state index >= 15 is 0 Å². The normalized spacial score (nSPS) is 13.1. The molecule has 0 bridgehead atoms. The topological polar surface area (TPSA) is 74.6 Å². The van der Waals surface area contributed by atoms with Gasteiger partial charge in [0, 0.05) is 15.6 Å². The number of Topliss-reactive ketones (excluding diaryl/α,β-unsaturated/α-hetero) is 1. The third kappa shape index (κ3) is 4.60. The van der Waals surface area contributed by atoms with Crippen molar-refractivity contribution in [2.45, 2.75) is 18.0 Å². The number of ketones is 1. The number of carbonyl (C=O) groups excluding carboxylic acids is 1. The van der Waals surface area contributed by atoms with Gasteiger partial charge in [0.1, 0.15) is 0 Å². The summed E-state index contributed by atoms with van der Waals surface area (Å²) in [6.07, 6.45) is 0.0728. The molecule has 0 aliphatic rings. The van der Waals surface area contributed by atoms with Gasteiger partial charge in [0.15, 0.2) is 5.78 Å². The van der Waals surface area contributed by atoms with Crippen molar-refractivity contribution in [3.05, 3.63) is 106 Å². The molecule has 1 atom stereocenters. The predicted molar refractivity (Wildman–Crippen MR) is 114 cm³/mol. The number of alkyl halides is 2. The molecule has 3 aromatic carbocycles. The summed E-state index contributed by atoms with van der Waals surface area (Å²) in [5.41, 5.74) is -3.62. The summed E-state index contributed by atoms with van der Waals surface area (Å²) in [4.78, 5) is 31.4. The summed E-state index contributed by atoms with van der Waals surface area (Å²) >= 11 is 3.08. The molecule has 0 aliphatic carbocycles. The average molecular weight is 495 g/mol. The Bertz CT molecular complexity index is 1080. The molecule has 2 N–H and O–H groups in total. The standard InChI is InChI=1S/C22H18BrF2O4P/c23-20-17(12-7-13-19(20)22(24,25)30(27,28)29)14-18(15-8-3-1-4-9-15)21(26)16-10-5-2-6-11-16/h1-13,18H,14H2,(H2,27,28,29). The van der Waals surface area contributed by atoms with Crippen LogP contribution in [0, 0.1) is 0 Å². The van der Waals surface area contributed by atoms with Crippen LogP contribution in [0.4, 0.5) is 8.78 Å². The smallest absolute Gasteiger partial charge is 0.320 e. The van der Waals surface area contributed by atoms with Gasteiger partial charge < -0.3 is 9.79 Å². The lowest BCUT2D eigenvalue weighted by Gasteiger charge is -2.22. The maximum atomic E-state index is 14.3. The molecule has 0 amide bonds. The van der Waals surface area contributed by atoms with Gasteiger partial charge >= 0.3 is 13.3 Å². The van der Waals surface area contributed by atoms with Crippen LogP contribution in [0.15, 0.2) is 83.3 Å². The molecule has 1 unspecified atom stereocenters. The van der Waals surface area contributed by atoms with Crippen LogP contribution in [0.25, 0.3) is 0 Å². The lowest BCUT2D eigenvalue weighted by Crippen LogP contribution is -2.18. The van der Waals surface area contributed by atoms with E-state index in [0.717, 1.165) is 6.07 Å². The number of hydrogen-bond acceptors (Lipinski definition) is 2. The fourth-order valence-electron chi connectivity index (χ4n) is 3.20. The van der Waals surface area contributed by atoms with Gasteiger partial charge in [0.05, 0.1) is 5.92 Å². The molecule has 8 heteroatoms. The van der Waals surface area contributed by atoms with Crippen molar-refractivity contribution in [3.63, 3.8) is 0 Å². The zero-order chi connectivity index (χ0) is 21.9. The maximum Gasteiger partial charge on any atom is 0.399 e. The van der Waals surface area contributed by atoms with E-state index in [4.69, 9.17) is 9.79 Å². The van der Waals surface area contributed by atoms with Crippen molar-refractivity contribution in [3.8, 4) is 0 Å². The van der Waals surface area contributed by atoms with Crippen LogP contribution < -0.4 is 0 Å². The average Bonchev–Trinajstić information content (AvgIpc) is 2.73. The van der Waals surface area contributed by atoms with Gasteiger partial charge in [-0.2, -0.15) is 8.78 Å². The van der Waals surface area contributed by atoms with Crippen molar-refractivity contribution in [1.82, 2.24) is 0 Å². The second kappa shape index (κ2) is 8.90. The summed E-state index contributed by atoms with van der Waals surface area (Å²) in [7, 11) is -5.73. The highest BCUT2D eigenvalue weighted by Gasteiger charge is 2.51. The fourth-order valence-corrected chi connectivity index (χ4v) is 4.53. The SMILES string of the molecule is O=C(c1ccccc1)C(Cc1cccc(C(F)(F)P(=O)(O)O)c1Br)c1ccccc1. The first-order valence-corrected chi connectivity index (χ1v) is 11.4. The van der Waals surface area contributed by atoms with E-state index in [1.807, 2.05) is 6.07 Å². The molecule has 3 rings (SSSR count). The summed E-state index contributed by atoms with van der Waals surface area (Å²) < 4.78 is 39.9. The summed E-state index contributed by atoms with van der Waals surface area (Å²) in [5, 5.41) is 0. The van der Waals surface area contributed by atoms with Crippen molar-refractivity contribution in [2.75, 3.05) is 0 Å². The number of halogens is 3. The summed E-state index contributed by atoms with van der Waals surface area (Å²) in [5.74, 6) is -0.843. The molecule has 0 radical (unpaired) electrons. The first-order valence-electron chi connectivity index (χ1n) is 8.98. The van der Waals surface area contributed by atoms with E-state index in [0.29, 0.717) is 16.7 Å². The number of carbonyl (C=O) groups is 1. The summed E-state index contributed by atoms with van der Waals surface area (Å²) in [6, 6.07) is 21.4. The van der Waals surface area contributed by atoms with E-state index < -0.39 is 24.7 Å². The number of benzene rings is 3. The molecule has 0 fully saturated rings. The molecule has 0 spiro atoms. The van der Waals surface area contributed by atoms with E-state index in [2.05, 4.69) is 15.9 Å². The molecular formula is C22H18BrF2O4P. The fraction of sp³-hybridized carbons (Fsp3) is 0.136. The molecule has 3 aromatic rings. The zero-order valence-corrected chi connectivity index (χ0v) is 18.1. The lowest BCUT2D eigenvalue weighted by molar-refractivity contribution is 0.0556. The Morgan fingerprint density at radius 2 is 1.50 bits per heavy atom. The van der Waals surface area contributed by atoms with Crippen molar-refractivity contribution < 1.29 is 27.9 Å². The van der Waals surface area contributed by atoms with Crippen LogP contribution in [0.3, 0.4) is 0 Å². The van der Waals surface area contributed by atoms with E-state index in [1.165, 1.54) is 6.07 Å². The Hall–Kier alpha value is -2.18. The molecule has 0 aliphatic heterocycles. The van der Waals surface area contributed by atoms with E-state index in [9.17, 15) is 18.1 Å². The zero-order valence-electron chi connectivity index (χ0n) is 15.6. The van der Waals surface area contributed by atoms with Crippen LogP contribution >= 0.6 is 23.5 Å². The molecule has 30 heavy (non-hydrogen) atoms. The monoisotopic (exact) mass is 494 g/mol. The van der Waals surface area contributed by atoms with Gasteiger partial charge in [0.2, 0.25) is 0 Å². The van der Waals surface area contributed by atoms with E-state index in [-0.39, 0.29) is 16.7 Å². The number of hydrogen-bond donors (Lipinski definition) is 2. The van der Waals surface area contributed by atoms with Crippen LogP contribution in [0.1, 0.15) is 33.0 Å². The minimum atomic E-state index is -5.73. The van der Waals surface area contributed by atoms with Gasteiger partial charge in [-0.05, 0) is 33.5 Å². The molecule has 156 valence electrons. The predicted octanol–water partition coefficient (Wildman–Crippen LogP) is 5.89. The Morgan fingerprint density at radius 3 is 2.07 bits per heavy atom. The molecule has 0 aromatic heterocycles. The highest BCUT2D eigenvalue weighted by molar-refractivity contribution is 9.10. The molecule has 0 heterocycles. The summed E-state index contributed by atoms with van der Waals surface area (Å²) in [6.45, 7) is 0. The van der Waals surface area contributed by atoms with Gasteiger partial charge in [0.25, 0.3) is 0 Å². The van der Waals surface area contributed by atoms with Gasteiger partial charge in [-0.15, -0.1) is 0 Å². The van der Waals surface area contributed by atoms with Crippen LogP contribution in [0.5, 0.6) is 0 Å². The first-order chi connectivity index (χ1) is 14.1. The van der Waals surface area contributed by atoms with Crippen molar-refractivity contribution >= 4 is 29.3 Å². The first kappa shape index (κ1) is 22.5. The van der Waals surface area contributed by atoms with Crippen LogP contribution in [-0.2, 0) is 16.6 Å². The quantitative estimate of drug-likeness (QED) is 0.317. The highest BCUT2D eigenvalue weighted by Crippen LogP contribution is 2.60. The maximum absolute atomic E-state index is 14.3. The Morgan fingerprint density at radius 1 is 0.933 bits per heavy atom. The van der Waals surface area contributed by atoms with E-state index in [1.54, 1.807) is 60.7 Å². The molecular weight excluding hydrogens is 477 g/mol. The van der Waals surface area contributed by atoms with Crippen molar-refractivity contribution in [1.29, 1.82) is 0 Å². The van der Waals surface area contributed by atoms with Crippen molar-refractivity contribution in [2.24, 2.45) is 0 Å². The third-order valence-corrected chi connectivity index (χ3v) is 6.68. The van der Waals surface area contributed by atoms with Gasteiger partial charge in [-0.1, -0.05) is 78.9 Å². The third-order valence-electron chi connectivity index (χ3n) is 4.77. The molecule has 0 saturated carbocycles. The Balaban J connectivity index is 2.05. The number of rotatable bonds is 7. The molecule has 0 saturated heterocycles. The van der Waals surface area contributed by atoms with Crippen LogP contribution in [0.2, 0.25) is 0 Å². The van der Waals surface area contributed by atoms with Crippen LogP contribution in [-0.4, -0.2) is 15.6 Å². The van der Waals surface area contributed by atoms with Gasteiger partial charge in [-0.3, -0.25) is 9.36 Å². The largest absolute Gasteiger partial charge is 0.399 e. The van der Waals surface area contributed by atoms with Gasteiger partial charge in [-0.25, -0.2) is 0 Å². The molecule has 4 nitrogen and oxygen atoms in total. The lowest BCUT2D eigenvalue weighted by atomic mass is 9.85. The Kier molecular flexibility index (Phi) is 6.68.